The third kappa shape index (κ3) is 5.76. The van der Waals surface area contributed by atoms with Gasteiger partial charge in [0.2, 0.25) is 11.8 Å². The molecule has 3 amide bonds. The molecule has 0 spiro atoms. The lowest BCUT2D eigenvalue weighted by Gasteiger charge is -2.36. The molecule has 1 unspecified atom stereocenters. The number of carbonyl (C=O) groups is 4. The van der Waals surface area contributed by atoms with Gasteiger partial charge >= 0.3 is 12.1 Å². The van der Waals surface area contributed by atoms with Crippen molar-refractivity contribution < 1.29 is 29.0 Å². The van der Waals surface area contributed by atoms with Gasteiger partial charge in [0.1, 0.15) is 18.7 Å². The number of benzene rings is 2. The highest BCUT2D eigenvalue weighted by atomic mass is 16.6. The molecule has 37 heavy (non-hydrogen) atoms. The molecule has 0 aromatic heterocycles. The van der Waals surface area contributed by atoms with Crippen LogP contribution in [0.15, 0.2) is 48.5 Å². The summed E-state index contributed by atoms with van der Waals surface area (Å²) in [6.07, 6.45) is -1.21. The van der Waals surface area contributed by atoms with Gasteiger partial charge in [-0.05, 0) is 28.2 Å². The molecule has 1 aliphatic carbocycles. The van der Waals surface area contributed by atoms with Crippen molar-refractivity contribution in [2.45, 2.75) is 38.3 Å². The van der Waals surface area contributed by atoms with E-state index in [1.807, 2.05) is 48.5 Å². The fourth-order valence-corrected chi connectivity index (χ4v) is 4.92. The number of likely N-dealkylation sites (N-methyl/N-ethyl adjacent to an activating group) is 3. The highest BCUT2D eigenvalue weighted by Crippen LogP contribution is 2.44. The Kier molecular flexibility index (Phi) is 8.57. The number of aliphatic carboxylic acids is 1. The second-order valence-corrected chi connectivity index (χ2v) is 9.90. The normalized spacial score (nSPS) is 13.8. The van der Waals surface area contributed by atoms with Gasteiger partial charge in [-0.15, -0.1) is 0 Å². The van der Waals surface area contributed by atoms with Crippen molar-refractivity contribution in [2.75, 3.05) is 34.8 Å². The standard InChI is InChI=1S/C28H35N3O6/c1-17(2)25(27(35)30(5)23(15-24(32)33)26(34)29(3)4)31(6)28(36)37-16-22-20-13-9-7-11-18(20)19-12-8-10-14-21(19)22/h7-14,17,22-23,25H,15-16H2,1-6H3,(H,32,33)/t23-,25?/m0/s1. The first-order valence-electron chi connectivity index (χ1n) is 12.2. The number of carboxylic acid groups (broad SMARTS) is 1. The van der Waals surface area contributed by atoms with E-state index >= 15 is 0 Å². The summed E-state index contributed by atoms with van der Waals surface area (Å²) >= 11 is 0. The lowest BCUT2D eigenvalue weighted by Crippen LogP contribution is -2.56. The molecule has 0 fully saturated rings. The topological polar surface area (TPSA) is 107 Å². The second kappa shape index (κ2) is 11.5. The molecule has 0 radical (unpaired) electrons. The molecule has 9 nitrogen and oxygen atoms in total. The largest absolute Gasteiger partial charge is 0.481 e. The van der Waals surface area contributed by atoms with Crippen molar-refractivity contribution in [1.29, 1.82) is 0 Å². The van der Waals surface area contributed by atoms with Crippen LogP contribution >= 0.6 is 0 Å². The number of hydrogen-bond donors (Lipinski definition) is 1. The first-order valence-corrected chi connectivity index (χ1v) is 12.2. The number of amides is 3. The van der Waals surface area contributed by atoms with Crippen LogP contribution in [0.25, 0.3) is 11.1 Å². The number of carboxylic acids is 1. The molecule has 2 atom stereocenters. The monoisotopic (exact) mass is 509 g/mol. The van der Waals surface area contributed by atoms with E-state index in [-0.39, 0.29) is 18.4 Å². The van der Waals surface area contributed by atoms with Crippen LogP contribution in [0, 0.1) is 5.92 Å². The average Bonchev–Trinajstić information content (AvgIpc) is 3.18. The summed E-state index contributed by atoms with van der Waals surface area (Å²) in [6.45, 7) is 3.67. The molecule has 3 rings (SSSR count). The van der Waals surface area contributed by atoms with E-state index in [1.165, 1.54) is 38.0 Å². The summed E-state index contributed by atoms with van der Waals surface area (Å²) in [6, 6.07) is 13.9. The number of hydrogen-bond acceptors (Lipinski definition) is 5. The van der Waals surface area contributed by atoms with Gasteiger partial charge < -0.3 is 19.6 Å². The Balaban J connectivity index is 1.77. The summed E-state index contributed by atoms with van der Waals surface area (Å²) in [5, 5.41) is 9.31. The summed E-state index contributed by atoms with van der Waals surface area (Å²) < 4.78 is 5.72. The van der Waals surface area contributed by atoms with Gasteiger partial charge in [0.15, 0.2) is 0 Å². The Bertz CT molecular complexity index is 1130. The Hall–Kier alpha value is -3.88. The van der Waals surface area contributed by atoms with Crippen molar-refractivity contribution in [1.82, 2.24) is 14.7 Å². The maximum absolute atomic E-state index is 13.5. The molecule has 2 aromatic carbocycles. The van der Waals surface area contributed by atoms with E-state index in [0.717, 1.165) is 27.2 Å². The number of carbonyl (C=O) groups excluding carboxylic acids is 3. The van der Waals surface area contributed by atoms with Crippen LogP contribution in [0.5, 0.6) is 0 Å². The summed E-state index contributed by atoms with van der Waals surface area (Å²) in [7, 11) is 5.87. The molecule has 2 aromatic rings. The Morgan fingerprint density at radius 3 is 1.81 bits per heavy atom. The molecular weight excluding hydrogens is 474 g/mol. The lowest BCUT2D eigenvalue weighted by molar-refractivity contribution is -0.150. The highest BCUT2D eigenvalue weighted by molar-refractivity contribution is 5.93. The molecule has 0 heterocycles. The third-order valence-corrected chi connectivity index (χ3v) is 6.83. The molecule has 9 heteroatoms. The smallest absolute Gasteiger partial charge is 0.410 e. The third-order valence-electron chi connectivity index (χ3n) is 6.83. The van der Waals surface area contributed by atoms with E-state index in [0.29, 0.717) is 0 Å². The number of ether oxygens (including phenoxy) is 1. The van der Waals surface area contributed by atoms with Gasteiger partial charge in [0.25, 0.3) is 0 Å². The molecule has 0 bridgehead atoms. The van der Waals surface area contributed by atoms with Crippen LogP contribution < -0.4 is 0 Å². The van der Waals surface area contributed by atoms with Crippen LogP contribution in [-0.4, -0.2) is 90.6 Å². The second-order valence-electron chi connectivity index (χ2n) is 9.90. The van der Waals surface area contributed by atoms with Crippen molar-refractivity contribution in [3.63, 3.8) is 0 Å². The van der Waals surface area contributed by atoms with Gasteiger partial charge in [-0.25, -0.2) is 4.79 Å². The molecule has 1 N–H and O–H groups in total. The first kappa shape index (κ1) is 27.7. The minimum absolute atomic E-state index is 0.104. The minimum atomic E-state index is -1.20. The number of nitrogens with zero attached hydrogens (tertiary/aromatic N) is 3. The van der Waals surface area contributed by atoms with E-state index in [4.69, 9.17) is 4.74 Å². The van der Waals surface area contributed by atoms with Crippen LogP contribution in [0.2, 0.25) is 0 Å². The van der Waals surface area contributed by atoms with Gasteiger partial charge in [-0.3, -0.25) is 19.3 Å². The fourth-order valence-electron chi connectivity index (χ4n) is 4.92. The SMILES string of the molecule is CC(C)C(C(=O)N(C)[C@@H](CC(=O)O)C(=O)N(C)C)N(C)C(=O)OCC1c2ccccc2-c2ccccc21. The van der Waals surface area contributed by atoms with Crippen LogP contribution in [0.3, 0.4) is 0 Å². The molecular formula is C28H35N3O6. The van der Waals surface area contributed by atoms with Gasteiger partial charge in [0, 0.05) is 34.1 Å². The van der Waals surface area contributed by atoms with Crippen molar-refractivity contribution in [3.05, 3.63) is 59.7 Å². The van der Waals surface area contributed by atoms with E-state index in [2.05, 4.69) is 0 Å². The first-order chi connectivity index (χ1) is 17.5. The molecule has 198 valence electrons. The van der Waals surface area contributed by atoms with Crippen molar-refractivity contribution in [3.8, 4) is 11.1 Å². The summed E-state index contributed by atoms with van der Waals surface area (Å²) in [5.74, 6) is -2.69. The number of rotatable bonds is 9. The average molecular weight is 510 g/mol. The fraction of sp³-hybridized carbons (Fsp3) is 0.429. The summed E-state index contributed by atoms with van der Waals surface area (Å²) in [5.41, 5.74) is 4.38. The van der Waals surface area contributed by atoms with E-state index in [9.17, 15) is 24.3 Å². The zero-order chi connectivity index (χ0) is 27.4. The van der Waals surface area contributed by atoms with Gasteiger partial charge in [0.05, 0.1) is 6.42 Å². The molecule has 0 aliphatic heterocycles. The zero-order valence-electron chi connectivity index (χ0n) is 22.2. The quantitative estimate of drug-likeness (QED) is 0.556. The number of fused-ring (bicyclic) bond motifs is 3. The van der Waals surface area contributed by atoms with Gasteiger partial charge in [-0.2, -0.15) is 0 Å². The van der Waals surface area contributed by atoms with Crippen LogP contribution in [-0.2, 0) is 19.1 Å². The predicted octanol–water partition coefficient (Wildman–Crippen LogP) is 3.28. The zero-order valence-corrected chi connectivity index (χ0v) is 22.2. The minimum Gasteiger partial charge on any atom is -0.481 e. The Morgan fingerprint density at radius 1 is 0.838 bits per heavy atom. The lowest BCUT2D eigenvalue weighted by atomic mass is 9.98. The Labute approximate surface area is 217 Å². The maximum atomic E-state index is 13.5. The van der Waals surface area contributed by atoms with Gasteiger partial charge in [-0.1, -0.05) is 62.4 Å². The van der Waals surface area contributed by atoms with Crippen LogP contribution in [0.1, 0.15) is 37.3 Å². The molecule has 0 saturated heterocycles. The maximum Gasteiger partial charge on any atom is 0.410 e. The molecule has 1 aliphatic rings. The molecule has 0 saturated carbocycles. The predicted molar refractivity (Wildman–Crippen MR) is 139 cm³/mol. The summed E-state index contributed by atoms with van der Waals surface area (Å²) in [4.78, 5) is 54.3. The van der Waals surface area contributed by atoms with Crippen molar-refractivity contribution in [2.24, 2.45) is 5.92 Å². The van der Waals surface area contributed by atoms with E-state index < -0.39 is 42.4 Å². The highest BCUT2D eigenvalue weighted by Gasteiger charge is 2.39. The Morgan fingerprint density at radius 2 is 1.35 bits per heavy atom. The van der Waals surface area contributed by atoms with E-state index in [1.54, 1.807) is 13.8 Å². The van der Waals surface area contributed by atoms with Crippen molar-refractivity contribution >= 4 is 23.9 Å². The van der Waals surface area contributed by atoms with Crippen LogP contribution in [0.4, 0.5) is 4.79 Å².